The third-order valence-electron chi connectivity index (χ3n) is 3.35. The summed E-state index contributed by atoms with van der Waals surface area (Å²) in [5.41, 5.74) is 2.31. The van der Waals surface area contributed by atoms with Gasteiger partial charge in [0.1, 0.15) is 5.76 Å². The molecule has 0 aliphatic rings. The number of thiocarbonyl (C=S) groups is 1. The third-order valence-corrected chi connectivity index (χ3v) is 4.58. The van der Waals surface area contributed by atoms with E-state index in [1.54, 1.807) is 37.1 Å². The molecule has 0 unspecified atom stereocenters. The second kappa shape index (κ2) is 10.1. The summed E-state index contributed by atoms with van der Waals surface area (Å²) in [6.45, 7) is 4.84. The number of benzene rings is 1. The Balaban J connectivity index is 1.77. The van der Waals surface area contributed by atoms with Crippen LogP contribution in [-0.4, -0.2) is 30.0 Å². The fourth-order valence-electron chi connectivity index (χ4n) is 2.07. The maximum absolute atomic E-state index is 11.8. The van der Waals surface area contributed by atoms with Crippen LogP contribution in [0.25, 0.3) is 0 Å². The van der Waals surface area contributed by atoms with Crippen LogP contribution in [0.2, 0.25) is 0 Å². The average molecular weight is 379 g/mol. The van der Waals surface area contributed by atoms with Gasteiger partial charge in [-0.1, -0.05) is 6.07 Å². The number of thioether (sulfide) groups is 1. The molecule has 0 atom stereocenters. The van der Waals surface area contributed by atoms with E-state index >= 15 is 0 Å². The number of carbonyl (C=O) groups excluding carboxylic acids is 1. The van der Waals surface area contributed by atoms with Gasteiger partial charge in [0.15, 0.2) is 5.11 Å². The zero-order valence-electron chi connectivity index (χ0n) is 14.3. The maximum Gasteiger partial charge on any atom is 0.338 e. The van der Waals surface area contributed by atoms with Crippen LogP contribution in [0.15, 0.2) is 41.0 Å². The molecule has 0 radical (unpaired) electrons. The first-order chi connectivity index (χ1) is 12.1. The second-order valence-electron chi connectivity index (χ2n) is 5.26. The van der Waals surface area contributed by atoms with E-state index in [9.17, 15) is 4.79 Å². The van der Waals surface area contributed by atoms with Crippen LogP contribution in [0.5, 0.6) is 0 Å². The fraction of sp³-hybridized carbons (Fsp3) is 0.333. The van der Waals surface area contributed by atoms with Crippen LogP contribution < -0.4 is 10.6 Å². The van der Waals surface area contributed by atoms with Crippen molar-refractivity contribution >= 4 is 40.7 Å². The summed E-state index contributed by atoms with van der Waals surface area (Å²) in [4.78, 5) is 11.8. The molecule has 0 amide bonds. The number of ether oxygens (including phenoxy) is 1. The molecule has 5 nitrogen and oxygen atoms in total. The van der Waals surface area contributed by atoms with E-state index in [4.69, 9.17) is 21.4 Å². The molecule has 1 aromatic carbocycles. The lowest BCUT2D eigenvalue weighted by Crippen LogP contribution is -2.30. The van der Waals surface area contributed by atoms with Gasteiger partial charge in [-0.25, -0.2) is 4.79 Å². The van der Waals surface area contributed by atoms with Crippen molar-refractivity contribution in [1.82, 2.24) is 5.32 Å². The highest BCUT2D eigenvalue weighted by molar-refractivity contribution is 7.98. The first-order valence-electron chi connectivity index (χ1n) is 8.03. The number of nitrogens with one attached hydrogen (secondary N) is 2. The summed E-state index contributed by atoms with van der Waals surface area (Å²) >= 11 is 7.09. The van der Waals surface area contributed by atoms with Crippen molar-refractivity contribution in [3.05, 3.63) is 53.5 Å². The Morgan fingerprint density at radius 2 is 2.20 bits per heavy atom. The first kappa shape index (κ1) is 19.3. The van der Waals surface area contributed by atoms with Crippen LogP contribution in [0.4, 0.5) is 5.69 Å². The van der Waals surface area contributed by atoms with E-state index in [1.807, 2.05) is 25.1 Å². The first-order valence-corrected chi connectivity index (χ1v) is 9.59. The lowest BCUT2D eigenvalue weighted by Gasteiger charge is -2.13. The highest BCUT2D eigenvalue weighted by Crippen LogP contribution is 2.18. The predicted octanol–water partition coefficient (Wildman–Crippen LogP) is 3.98. The lowest BCUT2D eigenvalue weighted by molar-refractivity contribution is 0.0526. The molecule has 0 bridgehead atoms. The molecule has 0 fully saturated rings. The summed E-state index contributed by atoms with van der Waals surface area (Å²) in [7, 11) is 0. The van der Waals surface area contributed by atoms with E-state index in [-0.39, 0.29) is 5.97 Å². The molecule has 1 aromatic heterocycles. The third kappa shape index (κ3) is 6.43. The zero-order chi connectivity index (χ0) is 18.1. The average Bonchev–Trinajstić information content (AvgIpc) is 3.10. The molecule has 2 N–H and O–H groups in total. The Labute approximate surface area is 157 Å². The number of rotatable bonds is 8. The van der Waals surface area contributed by atoms with Gasteiger partial charge < -0.3 is 19.8 Å². The largest absolute Gasteiger partial charge is 0.468 e. The molecule has 0 aliphatic heterocycles. The van der Waals surface area contributed by atoms with Gasteiger partial charge in [0, 0.05) is 18.0 Å². The van der Waals surface area contributed by atoms with Crippen molar-refractivity contribution < 1.29 is 13.9 Å². The van der Waals surface area contributed by atoms with Crippen LogP contribution >= 0.6 is 24.0 Å². The monoisotopic (exact) mass is 378 g/mol. The molecule has 0 saturated carbocycles. The minimum absolute atomic E-state index is 0.334. The molecule has 134 valence electrons. The van der Waals surface area contributed by atoms with E-state index < -0.39 is 0 Å². The van der Waals surface area contributed by atoms with Gasteiger partial charge in [-0.05, 0) is 55.9 Å². The van der Waals surface area contributed by atoms with Gasteiger partial charge in [-0.2, -0.15) is 11.8 Å². The number of anilines is 1. The van der Waals surface area contributed by atoms with Crippen LogP contribution in [-0.2, 0) is 10.5 Å². The summed E-state index contributed by atoms with van der Waals surface area (Å²) in [5, 5.41) is 6.83. The Kier molecular flexibility index (Phi) is 7.81. The number of esters is 1. The van der Waals surface area contributed by atoms with Crippen LogP contribution in [0.3, 0.4) is 0 Å². The molecule has 0 aliphatic carbocycles. The van der Waals surface area contributed by atoms with Gasteiger partial charge in [-0.3, -0.25) is 0 Å². The minimum Gasteiger partial charge on any atom is -0.468 e. The Hall–Kier alpha value is -1.99. The molecule has 2 rings (SSSR count). The summed E-state index contributed by atoms with van der Waals surface area (Å²) in [6, 6.07) is 9.23. The number of hydrogen-bond donors (Lipinski definition) is 2. The molecule has 0 saturated heterocycles. The fourth-order valence-corrected chi connectivity index (χ4v) is 3.04. The molecule has 7 heteroatoms. The van der Waals surface area contributed by atoms with Gasteiger partial charge in [0.25, 0.3) is 0 Å². The molecule has 0 spiro atoms. The lowest BCUT2D eigenvalue weighted by atomic mass is 10.1. The smallest absolute Gasteiger partial charge is 0.338 e. The SMILES string of the molecule is CCOC(=O)c1ccc(C)c(NC(=S)NCCSCc2ccco2)c1. The predicted molar refractivity (Wildman–Crippen MR) is 106 cm³/mol. The number of hydrogen-bond acceptors (Lipinski definition) is 5. The van der Waals surface area contributed by atoms with Crippen molar-refractivity contribution in [3.63, 3.8) is 0 Å². The van der Waals surface area contributed by atoms with Crippen molar-refractivity contribution in [1.29, 1.82) is 0 Å². The van der Waals surface area contributed by atoms with E-state index in [0.717, 1.165) is 35.1 Å². The second-order valence-corrected chi connectivity index (χ2v) is 6.78. The molecular weight excluding hydrogens is 356 g/mol. The van der Waals surface area contributed by atoms with Crippen LogP contribution in [0, 0.1) is 6.92 Å². The van der Waals surface area contributed by atoms with Crippen molar-refractivity contribution in [2.24, 2.45) is 0 Å². The van der Waals surface area contributed by atoms with Gasteiger partial charge in [0.2, 0.25) is 0 Å². The van der Waals surface area contributed by atoms with Crippen molar-refractivity contribution in [2.75, 3.05) is 24.2 Å². The quantitative estimate of drug-likeness (QED) is 0.409. The molecular formula is C18H22N2O3S2. The van der Waals surface area contributed by atoms with E-state index in [0.29, 0.717) is 17.3 Å². The zero-order valence-corrected chi connectivity index (χ0v) is 16.0. The van der Waals surface area contributed by atoms with Gasteiger partial charge >= 0.3 is 5.97 Å². The van der Waals surface area contributed by atoms with Crippen LogP contribution in [0.1, 0.15) is 28.6 Å². The highest BCUT2D eigenvalue weighted by Gasteiger charge is 2.09. The molecule has 2 aromatic rings. The van der Waals surface area contributed by atoms with Gasteiger partial charge in [0.05, 0.1) is 24.2 Å². The Morgan fingerprint density at radius 1 is 1.36 bits per heavy atom. The summed E-state index contributed by atoms with van der Waals surface area (Å²) in [5.74, 6) is 2.38. The summed E-state index contributed by atoms with van der Waals surface area (Å²) in [6.07, 6.45) is 1.68. The maximum atomic E-state index is 11.8. The van der Waals surface area contributed by atoms with Crippen molar-refractivity contribution in [3.8, 4) is 0 Å². The topological polar surface area (TPSA) is 63.5 Å². The summed E-state index contributed by atoms with van der Waals surface area (Å²) < 4.78 is 10.3. The number of carbonyl (C=O) groups is 1. The Bertz CT molecular complexity index is 702. The number of aryl methyl sites for hydroxylation is 1. The van der Waals surface area contributed by atoms with Crippen molar-refractivity contribution in [2.45, 2.75) is 19.6 Å². The normalized spacial score (nSPS) is 10.3. The Morgan fingerprint density at radius 3 is 2.92 bits per heavy atom. The van der Waals surface area contributed by atoms with E-state index in [2.05, 4.69) is 10.6 Å². The molecule has 25 heavy (non-hydrogen) atoms. The standard InChI is InChI=1S/C18H22N2O3S2/c1-3-22-17(21)14-7-6-13(2)16(11-14)20-18(24)19-8-10-25-12-15-5-4-9-23-15/h4-7,9,11H,3,8,10,12H2,1-2H3,(H2,19,20,24). The molecule has 1 heterocycles. The van der Waals surface area contributed by atoms with E-state index in [1.165, 1.54) is 0 Å². The van der Waals surface area contributed by atoms with Gasteiger partial charge in [-0.15, -0.1) is 0 Å². The number of furan rings is 1. The highest BCUT2D eigenvalue weighted by atomic mass is 32.2. The minimum atomic E-state index is -0.334.